The van der Waals surface area contributed by atoms with Gasteiger partial charge in [-0.3, -0.25) is 4.72 Å². The first-order chi connectivity index (χ1) is 9.91. The van der Waals surface area contributed by atoms with Crippen molar-refractivity contribution in [3.05, 3.63) is 52.0 Å². The zero-order valence-electron chi connectivity index (χ0n) is 10.4. The number of sulfonamides is 1. The molecule has 0 saturated heterocycles. The molecule has 0 aliphatic carbocycles. The first kappa shape index (κ1) is 15.5. The molecule has 0 unspecified atom stereocenters. The Labute approximate surface area is 131 Å². The Hall–Kier alpha value is -1.88. The van der Waals surface area contributed by atoms with Crippen LogP contribution in [0, 0.1) is 11.3 Å². The molecule has 21 heavy (non-hydrogen) atoms. The minimum atomic E-state index is -3.73. The van der Waals surface area contributed by atoms with Crippen LogP contribution in [0.2, 0.25) is 10.3 Å². The van der Waals surface area contributed by atoms with E-state index in [0.717, 1.165) is 6.33 Å². The highest BCUT2D eigenvalue weighted by atomic mass is 35.5. The summed E-state index contributed by atoms with van der Waals surface area (Å²) in [6.07, 6.45) is 1.13. The third-order valence-corrected chi connectivity index (χ3v) is 4.25. The van der Waals surface area contributed by atoms with Gasteiger partial charge in [0.05, 0.1) is 17.4 Å². The number of nitrogens with one attached hydrogen (secondary N) is 1. The first-order valence-corrected chi connectivity index (χ1v) is 7.97. The average Bonchev–Trinajstić information content (AvgIpc) is 2.43. The van der Waals surface area contributed by atoms with Crippen LogP contribution in [0.25, 0.3) is 0 Å². The normalized spacial score (nSPS) is 10.9. The fourth-order valence-corrected chi connectivity index (χ4v) is 3.24. The minimum Gasteiger partial charge on any atom is -0.277 e. The maximum Gasteiger partial charge on any atom is 0.237 e. The topological polar surface area (TPSA) is 95.7 Å². The molecule has 0 spiro atoms. The van der Waals surface area contributed by atoms with Crippen LogP contribution >= 0.6 is 23.2 Å². The molecule has 0 aliphatic heterocycles. The highest BCUT2D eigenvalue weighted by Crippen LogP contribution is 2.27. The van der Waals surface area contributed by atoms with Gasteiger partial charge < -0.3 is 0 Å². The summed E-state index contributed by atoms with van der Waals surface area (Å²) < 4.78 is 26.4. The molecular formula is C12H8Cl2N4O2S. The molecule has 0 fully saturated rings. The van der Waals surface area contributed by atoms with Gasteiger partial charge in [-0.15, -0.1) is 0 Å². The summed E-state index contributed by atoms with van der Waals surface area (Å²) in [6.45, 7) is 0. The molecule has 108 valence electrons. The van der Waals surface area contributed by atoms with Gasteiger partial charge in [-0.2, -0.15) is 5.26 Å². The van der Waals surface area contributed by atoms with Crippen LogP contribution in [-0.2, 0) is 15.8 Å². The van der Waals surface area contributed by atoms with Gasteiger partial charge in [-0.25, -0.2) is 18.4 Å². The number of hydrogen-bond acceptors (Lipinski definition) is 5. The summed E-state index contributed by atoms with van der Waals surface area (Å²) in [6, 6.07) is 8.15. The van der Waals surface area contributed by atoms with Crippen LogP contribution in [0.3, 0.4) is 0 Å². The molecular weight excluding hydrogens is 335 g/mol. The van der Waals surface area contributed by atoms with Gasteiger partial charge in [0.2, 0.25) is 10.0 Å². The van der Waals surface area contributed by atoms with Gasteiger partial charge in [0.1, 0.15) is 12.0 Å². The predicted molar refractivity (Wildman–Crippen MR) is 79.5 cm³/mol. The Morgan fingerprint density at radius 1 is 1.14 bits per heavy atom. The highest BCUT2D eigenvalue weighted by Gasteiger charge is 2.17. The lowest BCUT2D eigenvalue weighted by molar-refractivity contribution is 0.600. The number of anilines is 1. The number of halogens is 2. The molecule has 2 rings (SSSR count). The van der Waals surface area contributed by atoms with Crippen molar-refractivity contribution in [1.82, 2.24) is 9.97 Å². The van der Waals surface area contributed by atoms with Crippen molar-refractivity contribution in [1.29, 1.82) is 5.26 Å². The predicted octanol–water partition coefficient (Wildman–Crippen LogP) is 2.60. The summed E-state index contributed by atoms with van der Waals surface area (Å²) in [5, 5.41) is 8.52. The van der Waals surface area contributed by atoms with E-state index in [-0.39, 0.29) is 21.7 Å². The Morgan fingerprint density at radius 3 is 2.24 bits per heavy atom. The number of hydrogen-bond donors (Lipinski definition) is 1. The fraction of sp³-hybridized carbons (Fsp3) is 0.0833. The third kappa shape index (κ3) is 4.04. The van der Waals surface area contributed by atoms with E-state index in [4.69, 9.17) is 28.5 Å². The van der Waals surface area contributed by atoms with Crippen molar-refractivity contribution < 1.29 is 8.42 Å². The van der Waals surface area contributed by atoms with Crippen LogP contribution in [0.4, 0.5) is 5.69 Å². The van der Waals surface area contributed by atoms with Crippen molar-refractivity contribution >= 4 is 38.9 Å². The lowest BCUT2D eigenvalue weighted by Gasteiger charge is -2.09. The molecule has 0 saturated carbocycles. The lowest BCUT2D eigenvalue weighted by Crippen LogP contribution is -2.16. The second kappa shape index (κ2) is 6.26. The molecule has 9 heteroatoms. The number of rotatable bonds is 4. The lowest BCUT2D eigenvalue weighted by atomic mass is 10.2. The van der Waals surface area contributed by atoms with Gasteiger partial charge in [0.25, 0.3) is 0 Å². The molecule has 0 bridgehead atoms. The number of nitrogens with zero attached hydrogens (tertiary/aromatic N) is 3. The molecule has 1 heterocycles. The van der Waals surface area contributed by atoms with E-state index in [1.807, 2.05) is 6.07 Å². The Kier molecular flexibility index (Phi) is 4.63. The molecule has 1 N–H and O–H groups in total. The average molecular weight is 343 g/mol. The molecule has 1 aromatic carbocycles. The zero-order valence-corrected chi connectivity index (χ0v) is 12.7. The Balaban J connectivity index is 2.21. The summed E-state index contributed by atoms with van der Waals surface area (Å²) in [5.41, 5.74) is 0.909. The van der Waals surface area contributed by atoms with Gasteiger partial charge >= 0.3 is 0 Å². The summed E-state index contributed by atoms with van der Waals surface area (Å²) in [5.74, 6) is -0.291. The van der Waals surface area contributed by atoms with E-state index in [0.29, 0.717) is 11.1 Å². The molecule has 0 atom stereocenters. The summed E-state index contributed by atoms with van der Waals surface area (Å²) >= 11 is 11.6. The van der Waals surface area contributed by atoms with E-state index in [1.54, 1.807) is 12.1 Å². The second-order valence-corrected chi connectivity index (χ2v) is 6.44. The van der Waals surface area contributed by atoms with Crippen molar-refractivity contribution in [2.24, 2.45) is 0 Å². The molecule has 6 nitrogen and oxygen atoms in total. The molecule has 0 radical (unpaired) electrons. The van der Waals surface area contributed by atoms with E-state index in [9.17, 15) is 8.42 Å². The zero-order chi connectivity index (χ0) is 15.5. The maximum atomic E-state index is 12.1. The van der Waals surface area contributed by atoms with Gasteiger partial charge in [-0.05, 0) is 17.7 Å². The van der Waals surface area contributed by atoms with Crippen LogP contribution in [0.15, 0.2) is 30.6 Å². The number of benzene rings is 1. The SMILES string of the molecule is N#Cc1ccc(CS(=O)(=O)Nc2c(Cl)ncnc2Cl)cc1. The summed E-state index contributed by atoms with van der Waals surface area (Å²) in [4.78, 5) is 7.32. The quantitative estimate of drug-likeness (QED) is 0.861. The van der Waals surface area contributed by atoms with Gasteiger partial charge in [0, 0.05) is 0 Å². The second-order valence-electron chi connectivity index (χ2n) is 4.00. The van der Waals surface area contributed by atoms with Crippen molar-refractivity contribution in [2.45, 2.75) is 5.75 Å². The third-order valence-electron chi connectivity index (χ3n) is 2.45. The van der Waals surface area contributed by atoms with Crippen molar-refractivity contribution in [3.63, 3.8) is 0 Å². The Morgan fingerprint density at radius 2 is 1.71 bits per heavy atom. The van der Waals surface area contributed by atoms with Gasteiger partial charge in [0.15, 0.2) is 10.3 Å². The summed E-state index contributed by atoms with van der Waals surface area (Å²) in [7, 11) is -3.73. The van der Waals surface area contributed by atoms with Crippen LogP contribution in [0.1, 0.15) is 11.1 Å². The number of nitriles is 1. The van der Waals surface area contributed by atoms with Crippen LogP contribution in [-0.4, -0.2) is 18.4 Å². The van der Waals surface area contributed by atoms with Crippen LogP contribution < -0.4 is 4.72 Å². The van der Waals surface area contributed by atoms with Crippen molar-refractivity contribution in [3.8, 4) is 6.07 Å². The standard InChI is InChI=1S/C12H8Cl2N4O2S/c13-11-10(12(14)17-7-16-11)18-21(19,20)6-9-3-1-8(5-15)2-4-9/h1-4,7,18H,6H2. The smallest absolute Gasteiger partial charge is 0.237 e. The minimum absolute atomic E-state index is 0.0607. The monoisotopic (exact) mass is 342 g/mol. The highest BCUT2D eigenvalue weighted by molar-refractivity contribution is 7.91. The van der Waals surface area contributed by atoms with E-state index >= 15 is 0 Å². The maximum absolute atomic E-state index is 12.1. The van der Waals surface area contributed by atoms with Crippen molar-refractivity contribution in [2.75, 3.05) is 4.72 Å². The fourth-order valence-electron chi connectivity index (χ4n) is 1.52. The molecule has 0 aliphatic rings. The molecule has 1 aromatic heterocycles. The number of aromatic nitrogens is 2. The first-order valence-electron chi connectivity index (χ1n) is 5.57. The van der Waals surface area contributed by atoms with E-state index < -0.39 is 10.0 Å². The molecule has 0 amide bonds. The molecule has 2 aromatic rings. The Bertz CT molecular complexity index is 781. The van der Waals surface area contributed by atoms with E-state index in [1.165, 1.54) is 12.1 Å². The van der Waals surface area contributed by atoms with E-state index in [2.05, 4.69) is 14.7 Å². The van der Waals surface area contributed by atoms with Gasteiger partial charge in [-0.1, -0.05) is 35.3 Å². The largest absolute Gasteiger partial charge is 0.277 e. The van der Waals surface area contributed by atoms with Crippen LogP contribution in [0.5, 0.6) is 0 Å².